The van der Waals surface area contributed by atoms with Crippen molar-refractivity contribution in [2.24, 2.45) is 5.41 Å². The molecule has 0 radical (unpaired) electrons. The Morgan fingerprint density at radius 3 is 2.58 bits per heavy atom. The van der Waals surface area contributed by atoms with E-state index in [4.69, 9.17) is 0 Å². The Morgan fingerprint density at radius 2 is 1.94 bits per heavy atom. The maximum absolute atomic E-state index is 13.4. The van der Waals surface area contributed by atoms with Crippen LogP contribution in [0.15, 0.2) is 30.5 Å². The van der Waals surface area contributed by atoms with E-state index in [1.807, 2.05) is 12.1 Å². The van der Waals surface area contributed by atoms with Gasteiger partial charge in [-0.15, -0.1) is 0 Å². The molecule has 31 heavy (non-hydrogen) atoms. The molecule has 0 unspecified atom stereocenters. The number of hydrogen-bond donors (Lipinski definition) is 1. The Bertz CT molecular complexity index is 949. The first-order valence-corrected chi connectivity index (χ1v) is 10.8. The van der Waals surface area contributed by atoms with Crippen molar-refractivity contribution in [1.29, 1.82) is 0 Å². The average molecular weight is 427 g/mol. The lowest BCUT2D eigenvalue weighted by Gasteiger charge is -2.43. The molecule has 7 nitrogen and oxygen atoms in total. The number of halogens is 1. The molecular formula is C23H31FN6O. The first-order valence-electron chi connectivity index (χ1n) is 10.8. The second-order valence-electron chi connectivity index (χ2n) is 9.50. The summed E-state index contributed by atoms with van der Waals surface area (Å²) in [7, 11) is 4.25. The van der Waals surface area contributed by atoms with E-state index < -0.39 is 12.0 Å². The zero-order valence-electron chi connectivity index (χ0n) is 18.7. The fourth-order valence-corrected chi connectivity index (χ4v) is 4.23. The number of likely N-dealkylation sites (N-methyl/N-ethyl adjacent to an activating group) is 2. The molecule has 2 saturated heterocycles. The van der Waals surface area contributed by atoms with Crippen molar-refractivity contribution in [3.8, 4) is 0 Å². The average Bonchev–Trinajstić information content (AvgIpc) is 2.71. The molecule has 166 valence electrons. The van der Waals surface area contributed by atoms with E-state index in [0.717, 1.165) is 50.4 Å². The number of likely N-dealkylation sites (tertiary alicyclic amines) is 1. The van der Waals surface area contributed by atoms with Gasteiger partial charge in [-0.1, -0.05) is 13.8 Å². The zero-order chi connectivity index (χ0) is 22.2. The molecular weight excluding hydrogens is 395 g/mol. The number of aromatic nitrogens is 2. The summed E-state index contributed by atoms with van der Waals surface area (Å²) in [5, 5.41) is 2.94. The van der Waals surface area contributed by atoms with E-state index in [9.17, 15) is 9.18 Å². The van der Waals surface area contributed by atoms with Gasteiger partial charge in [0.05, 0.1) is 17.4 Å². The van der Waals surface area contributed by atoms with Crippen LogP contribution in [0.5, 0.6) is 0 Å². The van der Waals surface area contributed by atoms with Crippen molar-refractivity contribution in [2.75, 3.05) is 55.4 Å². The molecule has 2 aliphatic heterocycles. The minimum Gasteiger partial charge on any atom is -0.370 e. The Balaban J connectivity index is 1.61. The number of nitrogens with one attached hydrogen (secondary N) is 1. The number of hydrogen-bond acceptors (Lipinski definition) is 6. The van der Waals surface area contributed by atoms with Gasteiger partial charge in [-0.2, -0.15) is 9.37 Å². The van der Waals surface area contributed by atoms with Crippen LogP contribution in [-0.2, 0) is 0 Å². The lowest BCUT2D eigenvalue weighted by Crippen LogP contribution is -2.56. The van der Waals surface area contributed by atoms with E-state index in [1.54, 1.807) is 0 Å². The van der Waals surface area contributed by atoms with Crippen molar-refractivity contribution >= 4 is 23.0 Å². The zero-order valence-corrected chi connectivity index (χ0v) is 18.7. The highest BCUT2D eigenvalue weighted by atomic mass is 19.1. The molecule has 0 bridgehead atoms. The number of carbonyl (C=O) groups excluding carboxylic acids is 1. The van der Waals surface area contributed by atoms with Gasteiger partial charge < -0.3 is 20.0 Å². The fraction of sp³-hybridized carbons (Fsp3) is 0.522. The summed E-state index contributed by atoms with van der Waals surface area (Å²) in [4.78, 5) is 26.7. The summed E-state index contributed by atoms with van der Waals surface area (Å²) < 4.78 is 13.4. The Morgan fingerprint density at radius 1 is 1.23 bits per heavy atom. The number of anilines is 3. The number of rotatable bonds is 5. The first-order chi connectivity index (χ1) is 14.7. The molecule has 3 heterocycles. The summed E-state index contributed by atoms with van der Waals surface area (Å²) in [6.07, 6.45) is 2.52. The van der Waals surface area contributed by atoms with Gasteiger partial charge in [-0.05, 0) is 49.6 Å². The lowest BCUT2D eigenvalue weighted by atomic mass is 9.82. The fourth-order valence-electron chi connectivity index (χ4n) is 4.23. The van der Waals surface area contributed by atoms with Gasteiger partial charge in [0.2, 0.25) is 0 Å². The van der Waals surface area contributed by atoms with Gasteiger partial charge in [0.1, 0.15) is 5.69 Å². The van der Waals surface area contributed by atoms with Crippen LogP contribution in [0.4, 0.5) is 21.5 Å². The Hall–Kier alpha value is -2.74. The predicted octanol–water partition coefficient (Wildman–Crippen LogP) is 3.24. The summed E-state index contributed by atoms with van der Waals surface area (Å²) in [5.74, 6) is -0.443. The van der Waals surface area contributed by atoms with E-state index in [0.29, 0.717) is 17.1 Å². The smallest absolute Gasteiger partial charge is 0.309 e. The molecule has 0 atom stereocenters. The van der Waals surface area contributed by atoms with Gasteiger partial charge in [-0.3, -0.25) is 4.79 Å². The van der Waals surface area contributed by atoms with Crippen LogP contribution in [0.2, 0.25) is 0 Å². The van der Waals surface area contributed by atoms with Crippen molar-refractivity contribution < 1.29 is 9.18 Å². The number of carbonyl (C=O) groups is 1. The van der Waals surface area contributed by atoms with Crippen LogP contribution < -0.4 is 15.1 Å². The van der Waals surface area contributed by atoms with Crippen LogP contribution in [-0.4, -0.2) is 67.1 Å². The van der Waals surface area contributed by atoms with Gasteiger partial charge in [0.25, 0.3) is 5.91 Å². The summed E-state index contributed by atoms with van der Waals surface area (Å²) in [6.45, 7) is 8.54. The van der Waals surface area contributed by atoms with Gasteiger partial charge in [0, 0.05) is 45.1 Å². The number of nitrogens with zero attached hydrogens (tertiary/aromatic N) is 5. The molecule has 2 aromatic rings. The number of benzene rings is 1. The minimum absolute atomic E-state index is 0.0110. The van der Waals surface area contributed by atoms with Crippen LogP contribution in [0.1, 0.15) is 37.2 Å². The van der Waals surface area contributed by atoms with Crippen LogP contribution in [0.25, 0.3) is 0 Å². The molecule has 8 heteroatoms. The topological polar surface area (TPSA) is 64.6 Å². The van der Waals surface area contributed by atoms with Crippen LogP contribution in [0.3, 0.4) is 0 Å². The first kappa shape index (κ1) is 21.5. The van der Waals surface area contributed by atoms with Crippen molar-refractivity contribution in [3.63, 3.8) is 0 Å². The lowest BCUT2D eigenvalue weighted by molar-refractivity contribution is 0.102. The Kier molecular flexibility index (Phi) is 5.83. The SMILES string of the molecule is CN1CC(N(C)c2ccc(NC(=O)c3ccnc(F)n3)c(N3CCC(C)(C)CC3)c2)C1. The molecule has 1 amide bonds. The third-order valence-corrected chi connectivity index (χ3v) is 6.55. The molecule has 0 spiro atoms. The summed E-state index contributed by atoms with van der Waals surface area (Å²) in [6, 6.07) is 8.04. The third kappa shape index (κ3) is 4.79. The van der Waals surface area contributed by atoms with Gasteiger partial charge in [-0.25, -0.2) is 4.98 Å². The quantitative estimate of drug-likeness (QED) is 0.741. The highest BCUT2D eigenvalue weighted by Gasteiger charge is 2.30. The van der Waals surface area contributed by atoms with Crippen LogP contribution >= 0.6 is 0 Å². The van der Waals surface area contributed by atoms with E-state index >= 15 is 0 Å². The van der Waals surface area contributed by atoms with Gasteiger partial charge >= 0.3 is 6.08 Å². The maximum Gasteiger partial charge on any atom is 0.309 e. The van der Waals surface area contributed by atoms with Crippen molar-refractivity contribution in [1.82, 2.24) is 14.9 Å². The molecule has 1 aromatic heterocycles. The van der Waals surface area contributed by atoms with Gasteiger partial charge in [0.15, 0.2) is 0 Å². The predicted molar refractivity (Wildman–Crippen MR) is 121 cm³/mol. The monoisotopic (exact) mass is 426 g/mol. The minimum atomic E-state index is -0.909. The highest BCUT2D eigenvalue weighted by Crippen LogP contribution is 2.37. The van der Waals surface area contributed by atoms with E-state index in [1.165, 1.54) is 12.3 Å². The molecule has 4 rings (SSSR count). The third-order valence-electron chi connectivity index (χ3n) is 6.55. The maximum atomic E-state index is 13.4. The van der Waals surface area contributed by atoms with E-state index in [-0.39, 0.29) is 5.69 Å². The van der Waals surface area contributed by atoms with Crippen molar-refractivity contribution in [2.45, 2.75) is 32.7 Å². The summed E-state index contributed by atoms with van der Waals surface area (Å²) >= 11 is 0. The second kappa shape index (κ2) is 8.42. The molecule has 1 N–H and O–H groups in total. The van der Waals surface area contributed by atoms with E-state index in [2.05, 4.69) is 64.0 Å². The standard InChI is InChI=1S/C23H31FN6O/c1-23(2)8-11-30(12-9-23)20-13-16(29(4)17-14-28(3)15-17)5-6-18(20)26-21(31)19-7-10-25-22(24)27-19/h5-7,10,13,17H,8-9,11-12,14-15H2,1-4H3,(H,26,31). The number of piperidine rings is 1. The molecule has 0 aliphatic carbocycles. The summed E-state index contributed by atoms with van der Waals surface area (Å²) in [5.41, 5.74) is 3.17. The normalized spacial score (nSPS) is 19.1. The molecule has 2 aliphatic rings. The molecule has 2 fully saturated rings. The largest absolute Gasteiger partial charge is 0.370 e. The second-order valence-corrected chi connectivity index (χ2v) is 9.50. The number of amides is 1. The molecule has 1 aromatic carbocycles. The Labute approximate surface area is 183 Å². The molecule has 0 saturated carbocycles. The highest BCUT2D eigenvalue weighted by molar-refractivity contribution is 6.04. The van der Waals surface area contributed by atoms with Crippen molar-refractivity contribution in [3.05, 3.63) is 42.2 Å². The van der Waals surface area contributed by atoms with Crippen LogP contribution in [0, 0.1) is 11.5 Å².